The standard InChI is InChI=1S/C18H16N2O5/c1-11(12-6-7-14-16(8-12)24-10-23-14)19-20-18(21)17-9-22-13-4-2-3-5-15(13)25-17/h2-8,17H,9-10H2,1H3,(H,20,21). The highest BCUT2D eigenvalue weighted by Gasteiger charge is 2.27. The highest BCUT2D eigenvalue weighted by molar-refractivity contribution is 6.00. The minimum Gasteiger partial charge on any atom is -0.485 e. The van der Waals surface area contributed by atoms with E-state index in [1.54, 1.807) is 19.1 Å². The summed E-state index contributed by atoms with van der Waals surface area (Å²) in [7, 11) is 0. The Bertz CT molecular complexity index is 849. The lowest BCUT2D eigenvalue weighted by Gasteiger charge is -2.24. The molecule has 2 aliphatic heterocycles. The van der Waals surface area contributed by atoms with Crippen LogP contribution in [0.25, 0.3) is 0 Å². The number of hydrazone groups is 1. The van der Waals surface area contributed by atoms with Crippen LogP contribution in [0.2, 0.25) is 0 Å². The van der Waals surface area contributed by atoms with E-state index in [-0.39, 0.29) is 19.3 Å². The Labute approximate surface area is 144 Å². The summed E-state index contributed by atoms with van der Waals surface area (Å²) in [6.07, 6.45) is -0.747. The quantitative estimate of drug-likeness (QED) is 0.684. The van der Waals surface area contributed by atoms with Crippen LogP contribution in [0.5, 0.6) is 23.0 Å². The van der Waals surface area contributed by atoms with Crippen LogP contribution in [0.3, 0.4) is 0 Å². The van der Waals surface area contributed by atoms with E-state index in [0.29, 0.717) is 28.7 Å². The molecule has 2 aromatic rings. The average molecular weight is 340 g/mol. The van der Waals surface area contributed by atoms with Crippen molar-refractivity contribution < 1.29 is 23.7 Å². The first-order valence-electron chi connectivity index (χ1n) is 7.83. The predicted octanol–water partition coefficient (Wildman–Crippen LogP) is 2.10. The number of carbonyl (C=O) groups is 1. The average Bonchev–Trinajstić information content (AvgIpc) is 3.13. The van der Waals surface area contributed by atoms with Crippen molar-refractivity contribution in [2.45, 2.75) is 13.0 Å². The minimum absolute atomic E-state index is 0.140. The van der Waals surface area contributed by atoms with Crippen LogP contribution in [0.1, 0.15) is 12.5 Å². The Hall–Kier alpha value is -3.22. The van der Waals surface area contributed by atoms with Crippen LogP contribution in [0.15, 0.2) is 47.6 Å². The molecular weight excluding hydrogens is 324 g/mol. The minimum atomic E-state index is -0.747. The van der Waals surface area contributed by atoms with Gasteiger partial charge in [-0.2, -0.15) is 5.10 Å². The number of carbonyl (C=O) groups excluding carboxylic acids is 1. The van der Waals surface area contributed by atoms with Gasteiger partial charge in [-0.3, -0.25) is 4.79 Å². The monoisotopic (exact) mass is 340 g/mol. The number of rotatable bonds is 3. The molecule has 0 spiro atoms. The second kappa shape index (κ2) is 6.35. The molecule has 7 nitrogen and oxygen atoms in total. The molecule has 0 saturated carbocycles. The van der Waals surface area contributed by atoms with E-state index in [0.717, 1.165) is 5.56 Å². The Kier molecular flexibility index (Phi) is 3.89. The van der Waals surface area contributed by atoms with Gasteiger partial charge in [0.1, 0.15) is 6.61 Å². The third-order valence-corrected chi connectivity index (χ3v) is 3.93. The number of benzene rings is 2. The van der Waals surface area contributed by atoms with Crippen LogP contribution in [-0.4, -0.2) is 31.1 Å². The molecule has 0 saturated heterocycles. The highest BCUT2D eigenvalue weighted by atomic mass is 16.7. The van der Waals surface area contributed by atoms with E-state index in [1.165, 1.54) is 0 Å². The molecule has 1 N–H and O–H groups in total. The van der Waals surface area contributed by atoms with E-state index in [1.807, 2.05) is 30.3 Å². The lowest BCUT2D eigenvalue weighted by Crippen LogP contribution is -2.42. The maximum atomic E-state index is 12.3. The normalized spacial score (nSPS) is 18.0. The third-order valence-electron chi connectivity index (χ3n) is 3.93. The Morgan fingerprint density at radius 1 is 1.04 bits per heavy atom. The number of para-hydroxylation sites is 2. The van der Waals surface area contributed by atoms with Crippen LogP contribution in [0.4, 0.5) is 0 Å². The summed E-state index contributed by atoms with van der Waals surface area (Å²) < 4.78 is 21.8. The molecule has 2 heterocycles. The van der Waals surface area contributed by atoms with Crippen molar-refractivity contribution in [1.82, 2.24) is 5.43 Å². The summed E-state index contributed by atoms with van der Waals surface area (Å²) in [6.45, 7) is 2.15. The number of nitrogens with one attached hydrogen (secondary N) is 1. The molecule has 1 amide bonds. The van der Waals surface area contributed by atoms with E-state index in [4.69, 9.17) is 18.9 Å². The van der Waals surface area contributed by atoms with Crippen molar-refractivity contribution in [1.29, 1.82) is 0 Å². The lowest BCUT2D eigenvalue weighted by atomic mass is 10.1. The van der Waals surface area contributed by atoms with Gasteiger partial charge in [0.25, 0.3) is 5.91 Å². The summed E-state index contributed by atoms with van der Waals surface area (Å²) in [5.41, 5.74) is 3.99. The van der Waals surface area contributed by atoms with Crippen molar-refractivity contribution in [2.24, 2.45) is 5.10 Å². The van der Waals surface area contributed by atoms with Gasteiger partial charge in [0.2, 0.25) is 12.9 Å². The zero-order valence-corrected chi connectivity index (χ0v) is 13.5. The predicted molar refractivity (Wildman–Crippen MR) is 89.3 cm³/mol. The number of amides is 1. The fraction of sp³-hybridized carbons (Fsp3) is 0.222. The maximum Gasteiger partial charge on any atom is 0.284 e. The Morgan fingerprint density at radius 3 is 2.68 bits per heavy atom. The van der Waals surface area contributed by atoms with Gasteiger partial charge in [-0.05, 0) is 37.3 Å². The largest absolute Gasteiger partial charge is 0.485 e. The SMILES string of the molecule is CC(=NNC(=O)C1COc2ccccc2O1)c1ccc2c(c1)OCO2. The summed E-state index contributed by atoms with van der Waals surface area (Å²) in [4.78, 5) is 12.3. The summed E-state index contributed by atoms with van der Waals surface area (Å²) in [5.74, 6) is 2.18. The maximum absolute atomic E-state index is 12.3. The van der Waals surface area contributed by atoms with Crippen molar-refractivity contribution >= 4 is 11.6 Å². The number of hydrogen-bond acceptors (Lipinski definition) is 6. The fourth-order valence-corrected chi connectivity index (χ4v) is 2.55. The van der Waals surface area contributed by atoms with Crippen LogP contribution in [0, 0.1) is 0 Å². The molecule has 2 aromatic carbocycles. The van der Waals surface area contributed by atoms with Gasteiger partial charge >= 0.3 is 0 Å². The Morgan fingerprint density at radius 2 is 1.80 bits per heavy atom. The van der Waals surface area contributed by atoms with Gasteiger partial charge in [-0.25, -0.2) is 5.43 Å². The molecule has 4 rings (SSSR count). The molecule has 25 heavy (non-hydrogen) atoms. The van der Waals surface area contributed by atoms with E-state index >= 15 is 0 Å². The van der Waals surface area contributed by atoms with Crippen molar-refractivity contribution in [2.75, 3.05) is 13.4 Å². The Balaban J connectivity index is 1.42. The number of fused-ring (bicyclic) bond motifs is 2. The highest BCUT2D eigenvalue weighted by Crippen LogP contribution is 2.33. The second-order valence-electron chi connectivity index (χ2n) is 5.61. The summed E-state index contributed by atoms with van der Waals surface area (Å²) in [6, 6.07) is 12.7. The molecule has 2 aliphatic rings. The van der Waals surface area contributed by atoms with Crippen molar-refractivity contribution in [3.05, 3.63) is 48.0 Å². The molecule has 128 valence electrons. The van der Waals surface area contributed by atoms with E-state index in [9.17, 15) is 4.79 Å². The van der Waals surface area contributed by atoms with Gasteiger partial charge in [0.15, 0.2) is 23.0 Å². The molecule has 1 atom stereocenters. The van der Waals surface area contributed by atoms with Gasteiger partial charge in [0.05, 0.1) is 5.71 Å². The fourth-order valence-electron chi connectivity index (χ4n) is 2.55. The molecule has 1 unspecified atom stereocenters. The smallest absolute Gasteiger partial charge is 0.284 e. The molecule has 0 aromatic heterocycles. The molecule has 0 fully saturated rings. The van der Waals surface area contributed by atoms with Crippen molar-refractivity contribution in [3.8, 4) is 23.0 Å². The lowest BCUT2D eigenvalue weighted by molar-refractivity contribution is -0.130. The molecule has 0 radical (unpaired) electrons. The number of nitrogens with zero attached hydrogens (tertiary/aromatic N) is 1. The molecule has 7 heteroatoms. The first-order valence-corrected chi connectivity index (χ1v) is 7.83. The molecule has 0 aliphatic carbocycles. The van der Waals surface area contributed by atoms with Gasteiger partial charge in [-0.15, -0.1) is 0 Å². The van der Waals surface area contributed by atoms with Gasteiger partial charge in [0, 0.05) is 5.56 Å². The van der Waals surface area contributed by atoms with Gasteiger partial charge in [-0.1, -0.05) is 12.1 Å². The van der Waals surface area contributed by atoms with Crippen LogP contribution >= 0.6 is 0 Å². The second-order valence-corrected chi connectivity index (χ2v) is 5.61. The first-order chi connectivity index (χ1) is 12.2. The summed E-state index contributed by atoms with van der Waals surface area (Å²) >= 11 is 0. The number of hydrogen-bond donors (Lipinski definition) is 1. The number of ether oxygens (including phenoxy) is 4. The molecule has 0 bridgehead atoms. The van der Waals surface area contributed by atoms with Crippen molar-refractivity contribution in [3.63, 3.8) is 0 Å². The van der Waals surface area contributed by atoms with Gasteiger partial charge < -0.3 is 18.9 Å². The van der Waals surface area contributed by atoms with Crippen LogP contribution in [-0.2, 0) is 4.79 Å². The topological polar surface area (TPSA) is 78.4 Å². The zero-order valence-electron chi connectivity index (χ0n) is 13.5. The third kappa shape index (κ3) is 3.08. The summed E-state index contributed by atoms with van der Waals surface area (Å²) in [5, 5.41) is 4.14. The van der Waals surface area contributed by atoms with E-state index < -0.39 is 6.10 Å². The first kappa shape index (κ1) is 15.3. The zero-order chi connectivity index (χ0) is 17.2. The van der Waals surface area contributed by atoms with Crippen LogP contribution < -0.4 is 24.4 Å². The van der Waals surface area contributed by atoms with E-state index in [2.05, 4.69) is 10.5 Å². The molecular formula is C18H16N2O5.